The van der Waals surface area contributed by atoms with Crippen LogP contribution in [0.2, 0.25) is 0 Å². The molecule has 0 saturated heterocycles. The molecule has 2 amide bonds. The van der Waals surface area contributed by atoms with Crippen LogP contribution in [0.1, 0.15) is 48.0 Å². The molecule has 0 aliphatic heterocycles. The second kappa shape index (κ2) is 10.4. The zero-order valence-electron chi connectivity index (χ0n) is 15.3. The van der Waals surface area contributed by atoms with E-state index in [-0.39, 0.29) is 24.4 Å². The molecule has 4 nitrogen and oxygen atoms in total. The molecule has 0 bridgehead atoms. The number of halogens is 2. The van der Waals surface area contributed by atoms with Gasteiger partial charge in [-0.3, -0.25) is 9.59 Å². The standard InChI is InChI=1S/C21H24F2N2O2/c1-15(16-6-3-2-4-7-16)11-13-24-20(26)8-5-12-25-21(27)18-10-9-17(22)14-19(18)23/h2-4,6-7,9-10,14-15H,5,8,11-13H2,1H3,(H,24,26)(H,25,27). The maximum absolute atomic E-state index is 13.5. The summed E-state index contributed by atoms with van der Waals surface area (Å²) >= 11 is 0. The van der Waals surface area contributed by atoms with Gasteiger partial charge in [0.25, 0.3) is 5.91 Å². The molecule has 0 saturated carbocycles. The summed E-state index contributed by atoms with van der Waals surface area (Å²) in [6, 6.07) is 12.9. The number of hydrogen-bond acceptors (Lipinski definition) is 2. The number of rotatable bonds is 9. The molecular formula is C21H24F2N2O2. The van der Waals surface area contributed by atoms with E-state index in [1.807, 2.05) is 18.2 Å². The van der Waals surface area contributed by atoms with Gasteiger partial charge in [0.05, 0.1) is 5.56 Å². The summed E-state index contributed by atoms with van der Waals surface area (Å²) in [5, 5.41) is 5.39. The predicted octanol–water partition coefficient (Wildman–Crippen LogP) is 3.78. The van der Waals surface area contributed by atoms with Crippen molar-refractivity contribution in [3.63, 3.8) is 0 Å². The van der Waals surface area contributed by atoms with E-state index in [0.29, 0.717) is 24.9 Å². The molecule has 0 aliphatic carbocycles. The van der Waals surface area contributed by atoms with Gasteiger partial charge in [-0.05, 0) is 36.5 Å². The molecule has 6 heteroatoms. The number of benzene rings is 2. The SMILES string of the molecule is CC(CCNC(=O)CCCNC(=O)c1ccc(F)cc1F)c1ccccc1. The lowest BCUT2D eigenvalue weighted by atomic mass is 9.98. The largest absolute Gasteiger partial charge is 0.356 e. The first-order valence-electron chi connectivity index (χ1n) is 9.02. The van der Waals surface area contributed by atoms with Crippen LogP contribution in [0.3, 0.4) is 0 Å². The average molecular weight is 374 g/mol. The number of amides is 2. The molecule has 0 aromatic heterocycles. The molecule has 0 radical (unpaired) electrons. The Kier molecular flexibility index (Phi) is 7.92. The normalized spacial score (nSPS) is 11.7. The molecule has 0 aliphatic rings. The Balaban J connectivity index is 1.61. The van der Waals surface area contributed by atoms with Gasteiger partial charge in [-0.25, -0.2) is 8.78 Å². The minimum absolute atomic E-state index is 0.0857. The van der Waals surface area contributed by atoms with Crippen molar-refractivity contribution in [3.05, 3.63) is 71.3 Å². The zero-order chi connectivity index (χ0) is 19.6. The number of hydrogen-bond donors (Lipinski definition) is 2. The number of carbonyl (C=O) groups excluding carboxylic acids is 2. The van der Waals surface area contributed by atoms with Gasteiger partial charge < -0.3 is 10.6 Å². The highest BCUT2D eigenvalue weighted by molar-refractivity contribution is 5.94. The average Bonchev–Trinajstić information content (AvgIpc) is 2.65. The lowest BCUT2D eigenvalue weighted by molar-refractivity contribution is -0.121. The van der Waals surface area contributed by atoms with Gasteiger partial charge in [0.1, 0.15) is 11.6 Å². The summed E-state index contributed by atoms with van der Waals surface area (Å²) in [5.41, 5.74) is 1.03. The van der Waals surface area contributed by atoms with E-state index in [4.69, 9.17) is 0 Å². The second-order valence-electron chi connectivity index (χ2n) is 6.43. The lowest BCUT2D eigenvalue weighted by Gasteiger charge is -2.12. The topological polar surface area (TPSA) is 58.2 Å². The summed E-state index contributed by atoms with van der Waals surface area (Å²) in [6.07, 6.45) is 1.55. The van der Waals surface area contributed by atoms with Gasteiger partial charge in [0, 0.05) is 25.6 Å². The fourth-order valence-electron chi connectivity index (χ4n) is 2.68. The van der Waals surface area contributed by atoms with Crippen LogP contribution in [0.5, 0.6) is 0 Å². The lowest BCUT2D eigenvalue weighted by Crippen LogP contribution is -2.28. The maximum atomic E-state index is 13.5. The van der Waals surface area contributed by atoms with Crippen molar-refractivity contribution < 1.29 is 18.4 Å². The van der Waals surface area contributed by atoms with Crippen molar-refractivity contribution >= 4 is 11.8 Å². The highest BCUT2D eigenvalue weighted by Crippen LogP contribution is 2.17. The first-order valence-corrected chi connectivity index (χ1v) is 9.02. The van der Waals surface area contributed by atoms with Crippen LogP contribution >= 0.6 is 0 Å². The van der Waals surface area contributed by atoms with Crippen molar-refractivity contribution in [2.24, 2.45) is 0 Å². The summed E-state index contributed by atoms with van der Waals surface area (Å²) in [4.78, 5) is 23.7. The maximum Gasteiger partial charge on any atom is 0.254 e. The third-order valence-corrected chi connectivity index (χ3v) is 4.31. The van der Waals surface area contributed by atoms with E-state index in [9.17, 15) is 18.4 Å². The van der Waals surface area contributed by atoms with Gasteiger partial charge in [-0.15, -0.1) is 0 Å². The Hall–Kier alpha value is -2.76. The van der Waals surface area contributed by atoms with Crippen LogP contribution in [-0.4, -0.2) is 24.9 Å². The monoisotopic (exact) mass is 374 g/mol. The van der Waals surface area contributed by atoms with Crippen molar-refractivity contribution in [1.29, 1.82) is 0 Å². The Morgan fingerprint density at radius 3 is 2.44 bits per heavy atom. The van der Waals surface area contributed by atoms with Crippen LogP contribution in [0.25, 0.3) is 0 Å². The molecule has 2 aromatic carbocycles. The fraction of sp³-hybridized carbons (Fsp3) is 0.333. The van der Waals surface area contributed by atoms with Crippen LogP contribution in [0.15, 0.2) is 48.5 Å². The van der Waals surface area contributed by atoms with Crippen LogP contribution in [-0.2, 0) is 4.79 Å². The molecular weight excluding hydrogens is 350 g/mol. The van der Waals surface area contributed by atoms with E-state index in [1.165, 1.54) is 5.56 Å². The van der Waals surface area contributed by atoms with Crippen LogP contribution < -0.4 is 10.6 Å². The molecule has 0 spiro atoms. The molecule has 2 N–H and O–H groups in total. The van der Waals surface area contributed by atoms with Gasteiger partial charge in [0.2, 0.25) is 5.91 Å². The Labute approximate surface area is 158 Å². The summed E-state index contributed by atoms with van der Waals surface area (Å²) < 4.78 is 26.3. The number of nitrogens with one attached hydrogen (secondary N) is 2. The van der Waals surface area contributed by atoms with E-state index >= 15 is 0 Å². The van der Waals surface area contributed by atoms with E-state index in [0.717, 1.165) is 18.6 Å². The van der Waals surface area contributed by atoms with E-state index < -0.39 is 17.5 Å². The highest BCUT2D eigenvalue weighted by Gasteiger charge is 2.12. The van der Waals surface area contributed by atoms with E-state index in [2.05, 4.69) is 29.7 Å². The van der Waals surface area contributed by atoms with Gasteiger partial charge in [-0.1, -0.05) is 37.3 Å². The molecule has 2 rings (SSSR count). The van der Waals surface area contributed by atoms with Gasteiger partial charge in [-0.2, -0.15) is 0 Å². The Morgan fingerprint density at radius 2 is 1.74 bits per heavy atom. The smallest absolute Gasteiger partial charge is 0.254 e. The fourth-order valence-corrected chi connectivity index (χ4v) is 2.68. The van der Waals surface area contributed by atoms with Crippen molar-refractivity contribution in [2.45, 2.75) is 32.1 Å². The minimum atomic E-state index is -0.905. The molecule has 27 heavy (non-hydrogen) atoms. The Bertz CT molecular complexity index is 766. The molecule has 144 valence electrons. The van der Waals surface area contributed by atoms with Crippen molar-refractivity contribution in [3.8, 4) is 0 Å². The third kappa shape index (κ3) is 6.81. The third-order valence-electron chi connectivity index (χ3n) is 4.31. The molecule has 0 fully saturated rings. The Morgan fingerprint density at radius 1 is 1.00 bits per heavy atom. The van der Waals surface area contributed by atoms with Crippen LogP contribution in [0.4, 0.5) is 8.78 Å². The van der Waals surface area contributed by atoms with Crippen molar-refractivity contribution in [2.75, 3.05) is 13.1 Å². The first kappa shape index (κ1) is 20.6. The summed E-state index contributed by atoms with van der Waals surface area (Å²) in [6.45, 7) is 2.94. The molecule has 1 unspecified atom stereocenters. The minimum Gasteiger partial charge on any atom is -0.356 e. The molecule has 0 heterocycles. The second-order valence-corrected chi connectivity index (χ2v) is 6.43. The first-order chi connectivity index (χ1) is 13.0. The van der Waals surface area contributed by atoms with Crippen molar-refractivity contribution in [1.82, 2.24) is 10.6 Å². The van der Waals surface area contributed by atoms with Gasteiger partial charge in [0.15, 0.2) is 0 Å². The predicted molar refractivity (Wildman–Crippen MR) is 100 cm³/mol. The summed E-state index contributed by atoms with van der Waals surface area (Å²) in [7, 11) is 0. The van der Waals surface area contributed by atoms with E-state index in [1.54, 1.807) is 0 Å². The van der Waals surface area contributed by atoms with Gasteiger partial charge >= 0.3 is 0 Å². The van der Waals surface area contributed by atoms with Crippen LogP contribution in [0, 0.1) is 11.6 Å². The molecule has 1 atom stereocenters. The molecule has 2 aromatic rings. The zero-order valence-corrected chi connectivity index (χ0v) is 15.3. The highest BCUT2D eigenvalue weighted by atomic mass is 19.1. The quantitative estimate of drug-likeness (QED) is 0.656. The summed E-state index contributed by atoms with van der Waals surface area (Å²) in [5.74, 6) is -1.99. The number of carbonyl (C=O) groups is 2.